The van der Waals surface area contributed by atoms with Gasteiger partial charge in [-0.05, 0) is 68.8 Å². The number of fused-ring (bicyclic) bond motifs is 1. The van der Waals surface area contributed by atoms with E-state index in [0.29, 0.717) is 6.54 Å². The van der Waals surface area contributed by atoms with Gasteiger partial charge >= 0.3 is 5.69 Å². The van der Waals surface area contributed by atoms with Crippen LogP contribution < -0.4 is 10.6 Å². The van der Waals surface area contributed by atoms with E-state index >= 15 is 0 Å². The lowest BCUT2D eigenvalue weighted by atomic mass is 9.98. The number of benzene rings is 3. The molecule has 5 rings (SSSR count). The maximum atomic E-state index is 13.7. The molecule has 1 aliphatic rings. The number of likely N-dealkylation sites (N-methyl/N-ethyl adjacent to an activating group) is 1. The van der Waals surface area contributed by atoms with Crippen molar-refractivity contribution >= 4 is 16.7 Å². The van der Waals surface area contributed by atoms with Crippen LogP contribution in [-0.2, 0) is 18.6 Å². The number of aliphatic hydroxyl groups is 1. The topological polar surface area (TPSA) is 53.6 Å². The summed E-state index contributed by atoms with van der Waals surface area (Å²) in [4.78, 5) is 18.5. The van der Waals surface area contributed by atoms with E-state index in [1.165, 1.54) is 11.3 Å². The van der Waals surface area contributed by atoms with Crippen LogP contribution in [0, 0.1) is 0 Å². The van der Waals surface area contributed by atoms with Gasteiger partial charge in [0.25, 0.3) is 0 Å². The zero-order valence-corrected chi connectivity index (χ0v) is 20.8. The largest absolute Gasteiger partial charge is 0.386 e. The van der Waals surface area contributed by atoms with Gasteiger partial charge in [-0.25, -0.2) is 4.79 Å². The predicted molar refractivity (Wildman–Crippen MR) is 143 cm³/mol. The lowest BCUT2D eigenvalue weighted by Gasteiger charge is -2.35. The maximum absolute atomic E-state index is 13.7. The number of nitrogens with zero attached hydrogens (tertiary/aromatic N) is 4. The van der Waals surface area contributed by atoms with E-state index in [1.54, 1.807) is 18.4 Å². The number of anilines is 1. The van der Waals surface area contributed by atoms with E-state index in [9.17, 15) is 9.90 Å². The molecule has 0 bridgehead atoms. The van der Waals surface area contributed by atoms with Gasteiger partial charge in [-0.3, -0.25) is 9.13 Å². The van der Waals surface area contributed by atoms with Crippen molar-refractivity contribution in [2.45, 2.75) is 32.4 Å². The van der Waals surface area contributed by atoms with Gasteiger partial charge in [0.15, 0.2) is 0 Å². The first-order valence-electron chi connectivity index (χ1n) is 12.4. The number of hydrogen-bond acceptors (Lipinski definition) is 4. The zero-order chi connectivity index (χ0) is 24.6. The summed E-state index contributed by atoms with van der Waals surface area (Å²) in [5.41, 5.74) is 5.03. The number of piperazine rings is 1. The van der Waals surface area contributed by atoms with Crippen LogP contribution in [-0.4, -0.2) is 52.4 Å². The molecule has 1 N–H and O–H groups in total. The highest BCUT2D eigenvalue weighted by atomic mass is 16.3. The van der Waals surface area contributed by atoms with Gasteiger partial charge in [0.2, 0.25) is 0 Å². The smallest absolute Gasteiger partial charge is 0.333 e. The normalized spacial score (nSPS) is 15.1. The van der Waals surface area contributed by atoms with Gasteiger partial charge in [0, 0.05) is 38.4 Å². The molecule has 0 saturated carbocycles. The first-order chi connectivity index (χ1) is 16.8. The number of imidazole rings is 1. The molecule has 0 amide bonds. The fraction of sp³-hybridized carbons (Fsp3) is 0.345. The molecular formula is C29H34N4O2. The molecule has 2 heterocycles. The summed E-state index contributed by atoms with van der Waals surface area (Å²) in [6.07, 6.45) is 0.786. The van der Waals surface area contributed by atoms with Crippen LogP contribution in [0.25, 0.3) is 16.7 Å². The molecule has 0 unspecified atom stereocenters. The standard InChI is InChI=1S/C29H34N4O2/c1-29(2,35)23-12-14-24(15-13-23)33-27-11-7-6-10-26(27)32(28(33)34)17-16-22-8-4-5-9-25(22)31-20-18-30(3)19-21-31/h4-15,35H,16-21H2,1-3H3. The minimum Gasteiger partial charge on any atom is -0.386 e. The summed E-state index contributed by atoms with van der Waals surface area (Å²) >= 11 is 0. The number of rotatable bonds is 6. The van der Waals surface area contributed by atoms with Crippen molar-refractivity contribution in [3.63, 3.8) is 0 Å². The van der Waals surface area contributed by atoms with Crippen LogP contribution in [0.2, 0.25) is 0 Å². The van der Waals surface area contributed by atoms with Gasteiger partial charge in [-0.1, -0.05) is 42.5 Å². The average molecular weight is 471 g/mol. The molecule has 0 aliphatic carbocycles. The SMILES string of the molecule is CN1CCN(c2ccccc2CCn2c(=O)n(-c3ccc(C(C)(C)O)cc3)c3ccccc32)CC1. The molecule has 4 aromatic rings. The Morgan fingerprint density at radius 3 is 2.14 bits per heavy atom. The fourth-order valence-electron chi connectivity index (χ4n) is 5.00. The second-order valence-corrected chi connectivity index (χ2v) is 10.0. The molecule has 182 valence electrons. The summed E-state index contributed by atoms with van der Waals surface area (Å²) < 4.78 is 3.66. The van der Waals surface area contributed by atoms with E-state index in [-0.39, 0.29) is 5.69 Å². The lowest BCUT2D eigenvalue weighted by molar-refractivity contribution is 0.0786. The fourth-order valence-corrected chi connectivity index (χ4v) is 5.00. The van der Waals surface area contributed by atoms with Crippen LogP contribution in [0.1, 0.15) is 25.0 Å². The molecule has 0 radical (unpaired) electrons. The summed E-state index contributed by atoms with van der Waals surface area (Å²) in [6, 6.07) is 24.2. The molecule has 0 atom stereocenters. The van der Waals surface area contributed by atoms with E-state index in [4.69, 9.17) is 0 Å². The van der Waals surface area contributed by atoms with Crippen molar-refractivity contribution in [1.82, 2.24) is 14.0 Å². The molecule has 3 aromatic carbocycles. The van der Waals surface area contributed by atoms with Gasteiger partial charge in [0.05, 0.1) is 22.3 Å². The van der Waals surface area contributed by atoms with Gasteiger partial charge < -0.3 is 14.9 Å². The molecular weight excluding hydrogens is 436 g/mol. The van der Waals surface area contributed by atoms with Crippen molar-refractivity contribution in [3.05, 3.63) is 94.4 Å². The van der Waals surface area contributed by atoms with Gasteiger partial charge in [-0.2, -0.15) is 0 Å². The molecule has 35 heavy (non-hydrogen) atoms. The van der Waals surface area contributed by atoms with Crippen molar-refractivity contribution in [2.75, 3.05) is 38.1 Å². The molecule has 1 aromatic heterocycles. The Bertz CT molecular complexity index is 1370. The number of aryl methyl sites for hydroxylation is 2. The Labute approximate surface area is 206 Å². The summed E-state index contributed by atoms with van der Waals surface area (Å²) in [5.74, 6) is 0. The molecule has 0 spiro atoms. The van der Waals surface area contributed by atoms with E-state index in [2.05, 4.69) is 41.1 Å². The summed E-state index contributed by atoms with van der Waals surface area (Å²) in [6.45, 7) is 8.31. The predicted octanol–water partition coefficient (Wildman–Crippen LogP) is 4.01. The van der Waals surface area contributed by atoms with Crippen LogP contribution in [0.4, 0.5) is 5.69 Å². The first-order valence-corrected chi connectivity index (χ1v) is 12.4. The van der Waals surface area contributed by atoms with E-state index in [0.717, 1.165) is 54.9 Å². The average Bonchev–Trinajstić information content (AvgIpc) is 3.14. The minimum absolute atomic E-state index is 0.0423. The highest BCUT2D eigenvalue weighted by Gasteiger charge is 2.19. The van der Waals surface area contributed by atoms with E-state index in [1.807, 2.05) is 53.1 Å². The molecule has 6 heteroatoms. The monoisotopic (exact) mass is 470 g/mol. The Hall–Kier alpha value is -3.35. The summed E-state index contributed by atoms with van der Waals surface area (Å²) in [7, 11) is 2.17. The van der Waals surface area contributed by atoms with E-state index < -0.39 is 5.60 Å². The second-order valence-electron chi connectivity index (χ2n) is 10.0. The number of aromatic nitrogens is 2. The Balaban J connectivity index is 1.47. The quantitative estimate of drug-likeness (QED) is 0.463. The van der Waals surface area contributed by atoms with Crippen molar-refractivity contribution in [1.29, 1.82) is 0 Å². The Morgan fingerprint density at radius 1 is 0.829 bits per heavy atom. The third kappa shape index (κ3) is 4.64. The molecule has 1 aliphatic heterocycles. The van der Waals surface area contributed by atoms with Crippen molar-refractivity contribution in [3.8, 4) is 5.69 Å². The van der Waals surface area contributed by atoms with Gasteiger partial charge in [0.1, 0.15) is 0 Å². The zero-order valence-electron chi connectivity index (χ0n) is 20.8. The third-order valence-electron chi connectivity index (χ3n) is 7.11. The number of hydrogen-bond donors (Lipinski definition) is 1. The highest BCUT2D eigenvalue weighted by Crippen LogP contribution is 2.25. The number of para-hydroxylation sites is 3. The third-order valence-corrected chi connectivity index (χ3v) is 7.11. The van der Waals surface area contributed by atoms with Gasteiger partial charge in [-0.15, -0.1) is 0 Å². The van der Waals surface area contributed by atoms with Crippen LogP contribution in [0.5, 0.6) is 0 Å². The highest BCUT2D eigenvalue weighted by molar-refractivity contribution is 5.78. The maximum Gasteiger partial charge on any atom is 0.333 e. The second kappa shape index (κ2) is 9.36. The minimum atomic E-state index is -0.922. The molecule has 6 nitrogen and oxygen atoms in total. The van der Waals surface area contributed by atoms with Crippen LogP contribution in [0.15, 0.2) is 77.6 Å². The molecule has 1 saturated heterocycles. The molecule has 1 fully saturated rings. The first kappa shape index (κ1) is 23.4. The Kier molecular flexibility index (Phi) is 6.26. The van der Waals surface area contributed by atoms with Crippen LogP contribution >= 0.6 is 0 Å². The lowest BCUT2D eigenvalue weighted by Crippen LogP contribution is -2.44. The summed E-state index contributed by atoms with van der Waals surface area (Å²) in [5, 5.41) is 10.3. The van der Waals surface area contributed by atoms with Crippen molar-refractivity contribution in [2.24, 2.45) is 0 Å². The Morgan fingerprint density at radius 2 is 1.46 bits per heavy atom. The van der Waals surface area contributed by atoms with Crippen molar-refractivity contribution < 1.29 is 5.11 Å². The van der Waals surface area contributed by atoms with Crippen LogP contribution in [0.3, 0.4) is 0 Å².